The van der Waals surface area contributed by atoms with E-state index < -0.39 is 0 Å². The normalized spacial score (nSPS) is 28.7. The number of likely N-dealkylation sites (N-methyl/N-ethyl adjacent to an activating group) is 1. The summed E-state index contributed by atoms with van der Waals surface area (Å²) in [6, 6.07) is 10.8. The number of hydrogen-bond acceptors (Lipinski definition) is 2. The van der Waals surface area contributed by atoms with Crippen molar-refractivity contribution in [1.29, 1.82) is 0 Å². The van der Waals surface area contributed by atoms with Crippen LogP contribution in [0, 0.1) is 5.92 Å². The van der Waals surface area contributed by atoms with Crippen molar-refractivity contribution in [3.05, 3.63) is 35.9 Å². The van der Waals surface area contributed by atoms with Crippen molar-refractivity contribution in [2.45, 2.75) is 57.2 Å². The molecule has 0 radical (unpaired) electrons. The van der Waals surface area contributed by atoms with Crippen molar-refractivity contribution < 1.29 is 4.79 Å². The number of amides is 1. The van der Waals surface area contributed by atoms with E-state index >= 15 is 0 Å². The van der Waals surface area contributed by atoms with E-state index in [1.165, 1.54) is 37.7 Å². The summed E-state index contributed by atoms with van der Waals surface area (Å²) in [5, 5.41) is 3.63. The van der Waals surface area contributed by atoms with Crippen LogP contribution >= 0.6 is 0 Å². The van der Waals surface area contributed by atoms with Gasteiger partial charge in [0.1, 0.15) is 0 Å². The molecule has 1 saturated heterocycles. The highest BCUT2D eigenvalue weighted by Gasteiger charge is 2.35. The molecule has 3 nitrogen and oxygen atoms in total. The Morgan fingerprint density at radius 3 is 2.71 bits per heavy atom. The molecule has 3 unspecified atom stereocenters. The molecule has 2 fully saturated rings. The highest BCUT2D eigenvalue weighted by Crippen LogP contribution is 2.32. The summed E-state index contributed by atoms with van der Waals surface area (Å²) in [5.74, 6) is 1.06. The summed E-state index contributed by atoms with van der Waals surface area (Å²) >= 11 is 0. The van der Waals surface area contributed by atoms with Crippen molar-refractivity contribution in [3.63, 3.8) is 0 Å². The average molecular weight is 286 g/mol. The van der Waals surface area contributed by atoms with Gasteiger partial charge in [-0.1, -0.05) is 43.2 Å². The summed E-state index contributed by atoms with van der Waals surface area (Å²) in [6.07, 6.45) is 7.49. The van der Waals surface area contributed by atoms with E-state index in [0.29, 0.717) is 12.6 Å². The van der Waals surface area contributed by atoms with Crippen LogP contribution in [0.25, 0.3) is 0 Å². The third-order valence-corrected chi connectivity index (χ3v) is 5.09. The van der Waals surface area contributed by atoms with Crippen molar-refractivity contribution >= 4 is 5.91 Å². The number of nitrogens with one attached hydrogen (secondary N) is 1. The maximum Gasteiger partial charge on any atom is 0.239 e. The van der Waals surface area contributed by atoms with Crippen LogP contribution in [-0.2, 0) is 11.3 Å². The van der Waals surface area contributed by atoms with E-state index in [0.717, 1.165) is 12.3 Å². The predicted molar refractivity (Wildman–Crippen MR) is 84.8 cm³/mol. The maximum atomic E-state index is 12.6. The first-order chi connectivity index (χ1) is 10.2. The molecular weight excluding hydrogens is 260 g/mol. The third-order valence-electron chi connectivity index (χ3n) is 5.09. The Labute approximate surface area is 127 Å². The van der Waals surface area contributed by atoms with Gasteiger partial charge in [-0.3, -0.25) is 4.79 Å². The van der Waals surface area contributed by atoms with E-state index in [9.17, 15) is 4.79 Å². The summed E-state index contributed by atoms with van der Waals surface area (Å²) in [5.41, 5.74) is 1.19. The zero-order chi connectivity index (χ0) is 14.7. The number of nitrogens with zero attached hydrogens (tertiary/aromatic N) is 1. The summed E-state index contributed by atoms with van der Waals surface area (Å²) in [4.78, 5) is 14.5. The molecule has 3 rings (SSSR count). The van der Waals surface area contributed by atoms with Gasteiger partial charge >= 0.3 is 0 Å². The molecule has 1 aromatic rings. The van der Waals surface area contributed by atoms with Crippen LogP contribution in [-0.4, -0.2) is 29.9 Å². The van der Waals surface area contributed by atoms with Crippen LogP contribution in [0.2, 0.25) is 0 Å². The third kappa shape index (κ3) is 3.46. The molecule has 1 heterocycles. The Bertz CT molecular complexity index is 473. The first-order valence-electron chi connectivity index (χ1n) is 8.29. The summed E-state index contributed by atoms with van der Waals surface area (Å²) < 4.78 is 0. The van der Waals surface area contributed by atoms with Crippen LogP contribution in [0.4, 0.5) is 0 Å². The van der Waals surface area contributed by atoms with Gasteiger partial charge in [-0.25, -0.2) is 0 Å². The molecule has 1 N–H and O–H groups in total. The number of piperidine rings is 1. The lowest BCUT2D eigenvalue weighted by Crippen LogP contribution is -2.55. The number of carbonyl (C=O) groups is 1. The minimum absolute atomic E-state index is 0.0260. The fourth-order valence-electron chi connectivity index (χ4n) is 3.89. The number of rotatable bonds is 3. The average Bonchev–Trinajstić information content (AvgIpc) is 2.54. The Kier molecular flexibility index (Phi) is 4.59. The lowest BCUT2D eigenvalue weighted by Gasteiger charge is -2.40. The quantitative estimate of drug-likeness (QED) is 0.926. The Hall–Kier alpha value is -1.35. The van der Waals surface area contributed by atoms with E-state index in [4.69, 9.17) is 0 Å². The fourth-order valence-corrected chi connectivity index (χ4v) is 3.89. The molecule has 1 saturated carbocycles. The van der Waals surface area contributed by atoms with E-state index in [2.05, 4.69) is 17.4 Å². The molecule has 1 aromatic carbocycles. The zero-order valence-electron chi connectivity index (χ0n) is 12.9. The van der Waals surface area contributed by atoms with Crippen LogP contribution < -0.4 is 5.32 Å². The molecule has 114 valence electrons. The van der Waals surface area contributed by atoms with Crippen LogP contribution in [0.3, 0.4) is 0 Å². The van der Waals surface area contributed by atoms with Crippen molar-refractivity contribution in [2.24, 2.45) is 5.92 Å². The van der Waals surface area contributed by atoms with Crippen molar-refractivity contribution in [3.8, 4) is 0 Å². The second kappa shape index (κ2) is 6.61. The van der Waals surface area contributed by atoms with Crippen LogP contribution in [0.1, 0.15) is 44.1 Å². The van der Waals surface area contributed by atoms with Gasteiger partial charge in [-0.05, 0) is 37.2 Å². The Morgan fingerprint density at radius 1 is 1.14 bits per heavy atom. The molecule has 0 bridgehead atoms. The van der Waals surface area contributed by atoms with Crippen LogP contribution in [0.5, 0.6) is 0 Å². The molecule has 1 aliphatic carbocycles. The first kappa shape index (κ1) is 14.6. The second-order valence-corrected chi connectivity index (χ2v) is 6.63. The van der Waals surface area contributed by atoms with Gasteiger partial charge in [0, 0.05) is 19.6 Å². The molecule has 3 heteroatoms. The number of hydrogen-bond donors (Lipinski definition) is 1. The van der Waals surface area contributed by atoms with Gasteiger partial charge in [0.25, 0.3) is 0 Å². The monoisotopic (exact) mass is 286 g/mol. The van der Waals surface area contributed by atoms with Crippen molar-refractivity contribution in [1.82, 2.24) is 10.2 Å². The molecule has 0 aromatic heterocycles. The largest absolute Gasteiger partial charge is 0.340 e. The lowest BCUT2D eigenvalue weighted by atomic mass is 9.77. The van der Waals surface area contributed by atoms with E-state index in [1.54, 1.807) is 0 Å². The molecule has 2 aliphatic rings. The van der Waals surface area contributed by atoms with Gasteiger partial charge in [0.2, 0.25) is 5.91 Å². The highest BCUT2D eigenvalue weighted by atomic mass is 16.2. The molecule has 1 aliphatic heterocycles. The van der Waals surface area contributed by atoms with E-state index in [1.807, 2.05) is 30.1 Å². The van der Waals surface area contributed by atoms with Gasteiger partial charge in [0.15, 0.2) is 0 Å². The fraction of sp³-hybridized carbons (Fsp3) is 0.611. The molecular formula is C18H26N2O. The SMILES string of the molecule is CN(Cc1ccccc1)C(=O)C1CCC2CCCCC2N1. The second-order valence-electron chi connectivity index (χ2n) is 6.63. The van der Waals surface area contributed by atoms with Gasteiger partial charge in [-0.15, -0.1) is 0 Å². The topological polar surface area (TPSA) is 32.3 Å². The zero-order valence-corrected chi connectivity index (χ0v) is 12.9. The summed E-state index contributed by atoms with van der Waals surface area (Å²) in [7, 11) is 1.92. The number of benzene rings is 1. The first-order valence-corrected chi connectivity index (χ1v) is 8.29. The number of fused-ring (bicyclic) bond motifs is 1. The molecule has 3 atom stereocenters. The van der Waals surface area contributed by atoms with Gasteiger partial charge in [0.05, 0.1) is 6.04 Å². The summed E-state index contributed by atoms with van der Waals surface area (Å²) in [6.45, 7) is 0.700. The minimum Gasteiger partial charge on any atom is -0.340 e. The molecule has 21 heavy (non-hydrogen) atoms. The van der Waals surface area contributed by atoms with Crippen LogP contribution in [0.15, 0.2) is 30.3 Å². The Balaban J connectivity index is 1.57. The van der Waals surface area contributed by atoms with Crippen molar-refractivity contribution in [2.75, 3.05) is 7.05 Å². The van der Waals surface area contributed by atoms with Gasteiger partial charge < -0.3 is 10.2 Å². The standard InChI is InChI=1S/C18H26N2O/c1-20(13-14-7-3-2-4-8-14)18(21)17-12-11-15-9-5-6-10-16(15)19-17/h2-4,7-8,15-17,19H,5-6,9-13H2,1H3. The maximum absolute atomic E-state index is 12.6. The smallest absolute Gasteiger partial charge is 0.239 e. The highest BCUT2D eigenvalue weighted by molar-refractivity contribution is 5.81. The minimum atomic E-state index is 0.0260. The molecule has 0 spiro atoms. The molecule has 1 amide bonds. The van der Waals surface area contributed by atoms with E-state index in [-0.39, 0.29) is 11.9 Å². The number of carbonyl (C=O) groups excluding carboxylic acids is 1. The Morgan fingerprint density at radius 2 is 1.90 bits per heavy atom. The predicted octanol–water partition coefficient (Wildman–Crippen LogP) is 2.96. The lowest BCUT2D eigenvalue weighted by molar-refractivity contribution is -0.134. The van der Waals surface area contributed by atoms with Gasteiger partial charge in [-0.2, -0.15) is 0 Å².